The number of ether oxygens (including phenoxy) is 1. The molecule has 1 fully saturated rings. The molecule has 0 aromatic heterocycles. The summed E-state index contributed by atoms with van der Waals surface area (Å²) in [6.07, 6.45) is 1.15. The van der Waals surface area contributed by atoms with E-state index in [1.165, 1.54) is 0 Å². The molecule has 0 spiro atoms. The van der Waals surface area contributed by atoms with Crippen molar-refractivity contribution < 1.29 is 9.53 Å². The van der Waals surface area contributed by atoms with Gasteiger partial charge >= 0.3 is 0 Å². The van der Waals surface area contributed by atoms with Crippen LogP contribution in [0, 0.1) is 11.8 Å². The largest absolute Gasteiger partial charge is 0.375 e. The molecule has 0 radical (unpaired) electrons. The van der Waals surface area contributed by atoms with Crippen molar-refractivity contribution in [3.63, 3.8) is 0 Å². The van der Waals surface area contributed by atoms with Crippen molar-refractivity contribution in [3.8, 4) is 0 Å². The molecule has 0 N–H and O–H groups in total. The molecular formula is C10H19NO2. The van der Waals surface area contributed by atoms with Crippen LogP contribution in [0.5, 0.6) is 0 Å². The first-order valence-corrected chi connectivity index (χ1v) is 4.92. The van der Waals surface area contributed by atoms with E-state index in [0.717, 1.165) is 19.5 Å². The lowest BCUT2D eigenvalue weighted by atomic mass is 9.95. The van der Waals surface area contributed by atoms with E-state index in [0.29, 0.717) is 11.8 Å². The number of hydrogen-bond acceptors (Lipinski definition) is 2. The Morgan fingerprint density at radius 1 is 1.62 bits per heavy atom. The van der Waals surface area contributed by atoms with Gasteiger partial charge in [0.15, 0.2) is 0 Å². The Kier molecular flexibility index (Phi) is 3.72. The molecule has 3 heteroatoms. The molecule has 1 heterocycles. The zero-order chi connectivity index (χ0) is 9.84. The number of methoxy groups -OCH3 is 1. The summed E-state index contributed by atoms with van der Waals surface area (Å²) in [4.78, 5) is 13.3. The van der Waals surface area contributed by atoms with Crippen LogP contribution < -0.4 is 0 Å². The fourth-order valence-electron chi connectivity index (χ4n) is 1.77. The molecule has 1 aliphatic rings. The molecule has 1 aliphatic heterocycles. The molecule has 1 rings (SSSR count). The van der Waals surface area contributed by atoms with Crippen molar-refractivity contribution >= 4 is 5.91 Å². The zero-order valence-corrected chi connectivity index (χ0v) is 8.75. The van der Waals surface area contributed by atoms with Crippen molar-refractivity contribution in [2.24, 2.45) is 11.8 Å². The summed E-state index contributed by atoms with van der Waals surface area (Å²) in [7, 11) is 1.56. The maximum atomic E-state index is 11.4. The van der Waals surface area contributed by atoms with Gasteiger partial charge in [-0.15, -0.1) is 0 Å². The van der Waals surface area contributed by atoms with Crippen molar-refractivity contribution in [2.45, 2.75) is 20.3 Å². The number of carbonyl (C=O) groups excluding carboxylic acids is 1. The number of likely N-dealkylation sites (tertiary alicyclic amines) is 1. The van der Waals surface area contributed by atoms with Crippen molar-refractivity contribution in [2.75, 3.05) is 26.8 Å². The van der Waals surface area contributed by atoms with Crippen LogP contribution in [0.25, 0.3) is 0 Å². The molecule has 0 unspecified atom stereocenters. The summed E-state index contributed by atoms with van der Waals surface area (Å²) in [6.45, 7) is 6.49. The van der Waals surface area contributed by atoms with E-state index in [1.54, 1.807) is 7.11 Å². The molecule has 0 aliphatic carbocycles. The third-order valence-corrected chi connectivity index (χ3v) is 2.79. The van der Waals surface area contributed by atoms with Crippen LogP contribution in [0.15, 0.2) is 0 Å². The minimum atomic E-state index is 0.130. The van der Waals surface area contributed by atoms with Gasteiger partial charge in [0.25, 0.3) is 0 Å². The Hall–Kier alpha value is -0.570. The summed E-state index contributed by atoms with van der Waals surface area (Å²) in [5.41, 5.74) is 0. The predicted molar refractivity (Wildman–Crippen MR) is 51.4 cm³/mol. The summed E-state index contributed by atoms with van der Waals surface area (Å²) < 4.78 is 4.82. The minimum absolute atomic E-state index is 0.130. The molecule has 1 amide bonds. The Balaban J connectivity index is 2.36. The first kappa shape index (κ1) is 10.5. The van der Waals surface area contributed by atoms with Gasteiger partial charge in [-0.1, -0.05) is 13.8 Å². The van der Waals surface area contributed by atoms with Gasteiger partial charge < -0.3 is 9.64 Å². The van der Waals surface area contributed by atoms with Gasteiger partial charge in [0.1, 0.15) is 6.61 Å². The van der Waals surface area contributed by atoms with Crippen LogP contribution in [-0.2, 0) is 9.53 Å². The molecule has 3 nitrogen and oxygen atoms in total. The fourth-order valence-corrected chi connectivity index (χ4v) is 1.77. The molecule has 13 heavy (non-hydrogen) atoms. The SMILES string of the molecule is COCC(=O)N1CC[C@H](C(C)C)C1. The zero-order valence-electron chi connectivity index (χ0n) is 8.75. The van der Waals surface area contributed by atoms with Crippen LogP contribution in [0.3, 0.4) is 0 Å². The van der Waals surface area contributed by atoms with Crippen LogP contribution in [0.1, 0.15) is 20.3 Å². The first-order valence-electron chi connectivity index (χ1n) is 4.92. The van der Waals surface area contributed by atoms with E-state index in [2.05, 4.69) is 13.8 Å². The van der Waals surface area contributed by atoms with E-state index in [1.807, 2.05) is 4.90 Å². The highest BCUT2D eigenvalue weighted by molar-refractivity contribution is 5.77. The lowest BCUT2D eigenvalue weighted by molar-refractivity contribution is -0.134. The van der Waals surface area contributed by atoms with Crippen molar-refractivity contribution in [3.05, 3.63) is 0 Å². The van der Waals surface area contributed by atoms with Crippen molar-refractivity contribution in [1.29, 1.82) is 0 Å². The van der Waals surface area contributed by atoms with E-state index in [4.69, 9.17) is 4.74 Å². The number of nitrogens with zero attached hydrogens (tertiary/aromatic N) is 1. The van der Waals surface area contributed by atoms with Crippen molar-refractivity contribution in [1.82, 2.24) is 4.90 Å². The lowest BCUT2D eigenvalue weighted by Gasteiger charge is -2.17. The second-order valence-corrected chi connectivity index (χ2v) is 4.07. The fraction of sp³-hybridized carbons (Fsp3) is 0.900. The first-order chi connectivity index (χ1) is 6.15. The number of rotatable bonds is 3. The van der Waals surface area contributed by atoms with E-state index >= 15 is 0 Å². The third kappa shape index (κ3) is 2.69. The van der Waals surface area contributed by atoms with Gasteiger partial charge in [0.2, 0.25) is 5.91 Å². The maximum Gasteiger partial charge on any atom is 0.248 e. The maximum absolute atomic E-state index is 11.4. The highest BCUT2D eigenvalue weighted by Crippen LogP contribution is 2.23. The minimum Gasteiger partial charge on any atom is -0.375 e. The molecule has 76 valence electrons. The monoisotopic (exact) mass is 185 g/mol. The quantitative estimate of drug-likeness (QED) is 0.660. The summed E-state index contributed by atoms with van der Waals surface area (Å²) in [5.74, 6) is 1.49. The van der Waals surface area contributed by atoms with Crippen LogP contribution in [0.4, 0.5) is 0 Å². The van der Waals surface area contributed by atoms with Gasteiger partial charge in [-0.3, -0.25) is 4.79 Å². The summed E-state index contributed by atoms with van der Waals surface area (Å²) in [5, 5.41) is 0. The summed E-state index contributed by atoms with van der Waals surface area (Å²) in [6, 6.07) is 0. The Bertz CT molecular complexity index is 180. The molecule has 0 aromatic rings. The Labute approximate surface area is 80.1 Å². The third-order valence-electron chi connectivity index (χ3n) is 2.79. The average molecular weight is 185 g/mol. The van der Waals surface area contributed by atoms with Gasteiger partial charge in [0.05, 0.1) is 0 Å². The smallest absolute Gasteiger partial charge is 0.248 e. The second-order valence-electron chi connectivity index (χ2n) is 4.07. The normalized spacial score (nSPS) is 22.8. The Morgan fingerprint density at radius 2 is 2.31 bits per heavy atom. The summed E-state index contributed by atoms with van der Waals surface area (Å²) >= 11 is 0. The van der Waals surface area contributed by atoms with Gasteiger partial charge in [-0.05, 0) is 18.3 Å². The van der Waals surface area contributed by atoms with Crippen LogP contribution >= 0.6 is 0 Å². The van der Waals surface area contributed by atoms with E-state index in [9.17, 15) is 4.79 Å². The number of hydrogen-bond donors (Lipinski definition) is 0. The average Bonchev–Trinajstić information content (AvgIpc) is 2.52. The number of carbonyl (C=O) groups is 1. The lowest BCUT2D eigenvalue weighted by Crippen LogP contribution is -2.32. The van der Waals surface area contributed by atoms with Gasteiger partial charge in [-0.25, -0.2) is 0 Å². The topological polar surface area (TPSA) is 29.5 Å². The molecule has 0 bridgehead atoms. The van der Waals surface area contributed by atoms with Crippen LogP contribution in [-0.4, -0.2) is 37.6 Å². The molecule has 1 atom stereocenters. The molecular weight excluding hydrogens is 166 g/mol. The van der Waals surface area contributed by atoms with E-state index in [-0.39, 0.29) is 12.5 Å². The van der Waals surface area contributed by atoms with Crippen LogP contribution in [0.2, 0.25) is 0 Å². The molecule has 0 saturated carbocycles. The standard InChI is InChI=1S/C10H19NO2/c1-8(2)9-4-5-11(6-9)10(12)7-13-3/h8-9H,4-7H2,1-3H3/t9-/m0/s1. The molecule has 1 saturated heterocycles. The Morgan fingerprint density at radius 3 is 2.77 bits per heavy atom. The molecule has 0 aromatic carbocycles. The second kappa shape index (κ2) is 4.61. The highest BCUT2D eigenvalue weighted by atomic mass is 16.5. The predicted octanol–water partition coefficient (Wildman–Crippen LogP) is 1.14. The van der Waals surface area contributed by atoms with E-state index < -0.39 is 0 Å². The van der Waals surface area contributed by atoms with Gasteiger partial charge in [0, 0.05) is 20.2 Å². The highest BCUT2D eigenvalue weighted by Gasteiger charge is 2.27. The van der Waals surface area contributed by atoms with Gasteiger partial charge in [-0.2, -0.15) is 0 Å². The number of amides is 1.